The lowest BCUT2D eigenvalue weighted by Crippen LogP contribution is -2.39. The van der Waals surface area contributed by atoms with E-state index < -0.39 is 147 Å². The molecule has 0 aliphatic rings. The van der Waals surface area contributed by atoms with E-state index in [0.29, 0.717) is 38.5 Å². The first kappa shape index (κ1) is 63.5. The van der Waals surface area contributed by atoms with Gasteiger partial charge in [0.05, 0.1) is 37.6 Å². The van der Waals surface area contributed by atoms with Crippen LogP contribution in [-0.2, 0) is 57.2 Å². The molecule has 386 valence electrons. The number of ether oxygens (including phenoxy) is 6. The number of aliphatic hydroxyl groups excluding tert-OH is 6. The summed E-state index contributed by atoms with van der Waals surface area (Å²) in [5, 5.41) is 64.5. The summed E-state index contributed by atoms with van der Waals surface area (Å²) in [6.45, 7) is 4.49. The van der Waals surface area contributed by atoms with E-state index in [-0.39, 0.29) is 19.3 Å². The molecule has 9 atom stereocenters. The SMILES string of the molecule is CCCCCCC(O)CC(OC(=O)CCl)C(O)CC(=O)OCC(COC(=O)CC(O)C(CC(O)CCCCCC)OC(=O)CCl)OC(=O)CC(O)C(CC(O)CCCCCC)OC(=O)CCl. The first-order valence-corrected chi connectivity index (χ1v) is 24.9. The van der Waals surface area contributed by atoms with Crippen LogP contribution in [0.25, 0.3) is 0 Å². The molecule has 0 radical (unpaired) electrons. The van der Waals surface area contributed by atoms with Crippen molar-refractivity contribution in [3.8, 4) is 0 Å². The number of hydrogen-bond donors (Lipinski definition) is 6. The molecule has 0 heterocycles. The fourth-order valence-corrected chi connectivity index (χ4v) is 6.97. The van der Waals surface area contributed by atoms with Gasteiger partial charge in [-0.05, 0) is 19.3 Å². The molecule has 66 heavy (non-hydrogen) atoms. The Labute approximate surface area is 404 Å². The highest BCUT2D eigenvalue weighted by atomic mass is 35.5. The largest absolute Gasteiger partial charge is 0.462 e. The minimum absolute atomic E-state index is 0.214. The summed E-state index contributed by atoms with van der Waals surface area (Å²) in [4.78, 5) is 75.4. The Morgan fingerprint density at radius 1 is 0.394 bits per heavy atom. The predicted octanol–water partition coefficient (Wildman–Crippen LogP) is 4.85. The van der Waals surface area contributed by atoms with E-state index in [4.69, 9.17) is 63.2 Å². The third-order valence-corrected chi connectivity index (χ3v) is 11.1. The Morgan fingerprint density at radius 3 is 0.955 bits per heavy atom. The zero-order valence-electron chi connectivity index (χ0n) is 38.9. The van der Waals surface area contributed by atoms with Crippen LogP contribution in [0.1, 0.15) is 156 Å². The van der Waals surface area contributed by atoms with E-state index in [9.17, 15) is 59.4 Å². The van der Waals surface area contributed by atoms with Crippen LogP contribution in [0.3, 0.4) is 0 Å². The zero-order valence-corrected chi connectivity index (χ0v) is 41.1. The monoisotopic (exact) mass is 1010 g/mol. The summed E-state index contributed by atoms with van der Waals surface area (Å²) in [6, 6.07) is 0. The lowest BCUT2D eigenvalue weighted by Gasteiger charge is -2.26. The molecule has 9 unspecified atom stereocenters. The smallest absolute Gasteiger partial charge is 0.321 e. The van der Waals surface area contributed by atoms with Gasteiger partial charge in [0.15, 0.2) is 6.10 Å². The Morgan fingerprint density at radius 2 is 0.682 bits per heavy atom. The average Bonchev–Trinajstić information content (AvgIpc) is 3.27. The van der Waals surface area contributed by atoms with Crippen molar-refractivity contribution in [2.75, 3.05) is 30.9 Å². The van der Waals surface area contributed by atoms with Crippen LogP contribution in [0.15, 0.2) is 0 Å². The van der Waals surface area contributed by atoms with Crippen LogP contribution in [0.5, 0.6) is 0 Å². The summed E-state index contributed by atoms with van der Waals surface area (Å²) in [6.07, 6.45) is -5.35. The fourth-order valence-electron chi connectivity index (χ4n) is 6.78. The number of carbonyl (C=O) groups is 6. The molecule has 0 aromatic carbocycles. The second kappa shape index (κ2) is 39.3. The molecule has 0 aliphatic carbocycles. The fraction of sp³-hybridized carbons (Fsp3) is 0.867. The quantitative estimate of drug-likeness (QED) is 0.0207. The molecule has 0 fully saturated rings. The van der Waals surface area contributed by atoms with Crippen molar-refractivity contribution in [3.05, 3.63) is 0 Å². The molecule has 0 aliphatic heterocycles. The Bertz CT molecular complexity index is 1280. The molecule has 0 bridgehead atoms. The molecule has 21 heteroatoms. The second-order valence-corrected chi connectivity index (χ2v) is 17.3. The normalized spacial score (nSPS) is 16.0. The first-order chi connectivity index (χ1) is 31.4. The van der Waals surface area contributed by atoms with E-state index >= 15 is 0 Å². The van der Waals surface area contributed by atoms with Gasteiger partial charge in [-0.15, -0.1) is 34.8 Å². The van der Waals surface area contributed by atoms with Gasteiger partial charge in [-0.2, -0.15) is 0 Å². The number of alkyl halides is 3. The maximum atomic E-state index is 13.2. The number of halogens is 3. The number of rotatable bonds is 41. The van der Waals surface area contributed by atoms with Gasteiger partial charge in [0.25, 0.3) is 0 Å². The summed E-state index contributed by atoms with van der Waals surface area (Å²) in [7, 11) is 0. The third-order valence-electron chi connectivity index (χ3n) is 10.4. The molecule has 0 saturated carbocycles. The summed E-state index contributed by atoms with van der Waals surface area (Å²) >= 11 is 16.8. The summed E-state index contributed by atoms with van der Waals surface area (Å²) < 4.78 is 31.6. The molecule has 6 N–H and O–H groups in total. The molecule has 0 saturated heterocycles. The maximum Gasteiger partial charge on any atom is 0.321 e. The molecular weight excluding hydrogens is 935 g/mol. The van der Waals surface area contributed by atoms with Crippen molar-refractivity contribution in [1.82, 2.24) is 0 Å². The van der Waals surface area contributed by atoms with Crippen molar-refractivity contribution in [1.29, 1.82) is 0 Å². The van der Waals surface area contributed by atoms with Gasteiger partial charge < -0.3 is 59.1 Å². The predicted molar refractivity (Wildman–Crippen MR) is 244 cm³/mol. The van der Waals surface area contributed by atoms with Crippen molar-refractivity contribution in [2.24, 2.45) is 0 Å². The molecule has 0 spiro atoms. The van der Waals surface area contributed by atoms with E-state index in [1.165, 1.54) is 0 Å². The van der Waals surface area contributed by atoms with Gasteiger partial charge in [0.2, 0.25) is 0 Å². The number of carbonyl (C=O) groups excluding carboxylic acids is 6. The first-order valence-electron chi connectivity index (χ1n) is 23.3. The molecule has 0 amide bonds. The minimum atomic E-state index is -1.71. The van der Waals surface area contributed by atoms with Crippen molar-refractivity contribution in [3.63, 3.8) is 0 Å². The average molecular weight is 1010 g/mol. The minimum Gasteiger partial charge on any atom is -0.462 e. The molecule has 18 nitrogen and oxygen atoms in total. The summed E-state index contributed by atoms with van der Waals surface area (Å²) in [5.41, 5.74) is 0. The molecule has 0 aromatic rings. The van der Waals surface area contributed by atoms with E-state index in [1.807, 2.05) is 20.8 Å². The van der Waals surface area contributed by atoms with Crippen molar-refractivity contribution < 1.29 is 87.8 Å². The van der Waals surface area contributed by atoms with Crippen LogP contribution in [0, 0.1) is 0 Å². The zero-order chi connectivity index (χ0) is 49.9. The Hall–Kier alpha value is -2.55. The highest BCUT2D eigenvalue weighted by Crippen LogP contribution is 2.21. The van der Waals surface area contributed by atoms with Gasteiger partial charge in [-0.1, -0.05) is 97.8 Å². The van der Waals surface area contributed by atoms with Gasteiger partial charge in [-0.25, -0.2) is 0 Å². The Balaban J connectivity index is 6.11. The number of hydrogen-bond acceptors (Lipinski definition) is 18. The van der Waals surface area contributed by atoms with E-state index in [0.717, 1.165) is 57.8 Å². The van der Waals surface area contributed by atoms with Gasteiger partial charge in [-0.3, -0.25) is 28.8 Å². The Kier molecular flexibility index (Phi) is 37.8. The second-order valence-electron chi connectivity index (χ2n) is 16.5. The lowest BCUT2D eigenvalue weighted by atomic mass is 9.99. The van der Waals surface area contributed by atoms with E-state index in [2.05, 4.69) is 0 Å². The van der Waals surface area contributed by atoms with Crippen molar-refractivity contribution >= 4 is 70.6 Å². The van der Waals surface area contributed by atoms with Gasteiger partial charge in [0, 0.05) is 19.3 Å². The number of aliphatic hydroxyl groups is 6. The third kappa shape index (κ3) is 32.2. The standard InChI is InChI=1S/C45H77Cl3O18/c1-4-7-10-13-16-30(49)19-37(64-43(58)25-46)34(52)22-40(55)61-28-33(63-42(57)24-36(54)39(66-45(60)27-48)21-32(51)18-15-12-9-6-3)29-62-41(56)23-35(53)38(65-44(59)26-47)20-31(50)17-14-11-8-5-2/h30-39,49-54H,4-29H2,1-3H3. The van der Waals surface area contributed by atoms with Gasteiger partial charge >= 0.3 is 35.8 Å². The highest BCUT2D eigenvalue weighted by molar-refractivity contribution is 6.27. The van der Waals surface area contributed by atoms with Crippen LogP contribution in [-0.4, -0.2) is 158 Å². The lowest BCUT2D eigenvalue weighted by molar-refractivity contribution is -0.174. The maximum absolute atomic E-state index is 13.2. The van der Waals surface area contributed by atoms with Crippen LogP contribution in [0.2, 0.25) is 0 Å². The molecular formula is C45H77Cl3O18. The molecule has 0 rings (SSSR count). The van der Waals surface area contributed by atoms with Gasteiger partial charge in [0.1, 0.15) is 67.5 Å². The van der Waals surface area contributed by atoms with E-state index in [1.54, 1.807) is 0 Å². The number of unbranched alkanes of at least 4 members (excludes halogenated alkanes) is 9. The van der Waals surface area contributed by atoms with Crippen LogP contribution in [0.4, 0.5) is 0 Å². The summed E-state index contributed by atoms with van der Waals surface area (Å²) in [5.74, 6) is -7.76. The highest BCUT2D eigenvalue weighted by Gasteiger charge is 2.33. The number of esters is 6. The van der Waals surface area contributed by atoms with Crippen molar-refractivity contribution in [2.45, 2.75) is 217 Å². The van der Waals surface area contributed by atoms with Crippen LogP contribution < -0.4 is 0 Å². The van der Waals surface area contributed by atoms with Crippen LogP contribution >= 0.6 is 34.8 Å². The topological polar surface area (TPSA) is 279 Å². The molecule has 0 aromatic heterocycles.